The average molecular weight is 182 g/mol. The van der Waals surface area contributed by atoms with Crippen LogP contribution in [0.2, 0.25) is 0 Å². The average Bonchev–Trinajstić information content (AvgIpc) is 2.12. The maximum Gasteiger partial charge on any atom is 0.00194 e. The number of nitrogens with zero attached hydrogens (tertiary/aromatic N) is 1. The van der Waals surface area contributed by atoms with Crippen molar-refractivity contribution in [2.75, 3.05) is 32.7 Å². The predicted molar refractivity (Wildman–Crippen MR) is 55.8 cm³/mol. The van der Waals surface area contributed by atoms with Crippen LogP contribution in [-0.2, 0) is 0 Å². The van der Waals surface area contributed by atoms with Crippen molar-refractivity contribution in [3.05, 3.63) is 0 Å². The van der Waals surface area contributed by atoms with Crippen molar-refractivity contribution < 1.29 is 0 Å². The van der Waals surface area contributed by atoms with Crippen LogP contribution in [0.5, 0.6) is 0 Å². The van der Waals surface area contributed by atoms with E-state index in [1.807, 2.05) is 0 Å². The third-order valence-electron chi connectivity index (χ3n) is 3.39. The molecule has 1 atom stereocenters. The number of likely N-dealkylation sites (tertiary alicyclic amines) is 1. The smallest absolute Gasteiger partial charge is 0.00194 e. The Morgan fingerprint density at radius 2 is 2.23 bits per heavy atom. The van der Waals surface area contributed by atoms with Crippen molar-refractivity contribution in [2.24, 2.45) is 11.8 Å². The summed E-state index contributed by atoms with van der Waals surface area (Å²) in [6.07, 6.45) is 4.26. The minimum atomic E-state index is 0.962. The Labute approximate surface area is 81.7 Å². The van der Waals surface area contributed by atoms with Gasteiger partial charge in [0.1, 0.15) is 0 Å². The van der Waals surface area contributed by atoms with E-state index >= 15 is 0 Å². The summed E-state index contributed by atoms with van der Waals surface area (Å²) in [6, 6.07) is 0. The molecule has 2 fully saturated rings. The lowest BCUT2D eigenvalue weighted by Crippen LogP contribution is -2.46. The van der Waals surface area contributed by atoms with Gasteiger partial charge in [-0.15, -0.1) is 0 Å². The third kappa shape index (κ3) is 2.68. The summed E-state index contributed by atoms with van der Waals surface area (Å²) in [4.78, 5) is 2.60. The molecule has 2 nitrogen and oxygen atoms in total. The Kier molecular flexibility index (Phi) is 3.23. The molecular weight excluding hydrogens is 160 g/mol. The Bertz CT molecular complexity index is 146. The van der Waals surface area contributed by atoms with Gasteiger partial charge in [-0.05, 0) is 50.7 Å². The highest BCUT2D eigenvalue weighted by Gasteiger charge is 2.23. The molecule has 0 amide bonds. The molecule has 2 saturated heterocycles. The number of hydrogen-bond acceptors (Lipinski definition) is 2. The van der Waals surface area contributed by atoms with Gasteiger partial charge in [0.05, 0.1) is 0 Å². The van der Waals surface area contributed by atoms with E-state index < -0.39 is 0 Å². The van der Waals surface area contributed by atoms with Gasteiger partial charge in [0.2, 0.25) is 0 Å². The molecular formula is C11H22N2. The van der Waals surface area contributed by atoms with Crippen LogP contribution in [0.3, 0.4) is 0 Å². The van der Waals surface area contributed by atoms with Gasteiger partial charge in [0.25, 0.3) is 0 Å². The maximum absolute atomic E-state index is 3.48. The second kappa shape index (κ2) is 4.43. The zero-order valence-electron chi connectivity index (χ0n) is 8.76. The molecule has 1 unspecified atom stereocenters. The van der Waals surface area contributed by atoms with Gasteiger partial charge >= 0.3 is 0 Å². The van der Waals surface area contributed by atoms with E-state index in [2.05, 4.69) is 17.1 Å². The molecule has 0 aromatic rings. The summed E-state index contributed by atoms with van der Waals surface area (Å²) in [5, 5.41) is 3.48. The predicted octanol–water partition coefficient (Wildman–Crippen LogP) is 1.33. The van der Waals surface area contributed by atoms with E-state index in [9.17, 15) is 0 Å². The first kappa shape index (κ1) is 9.47. The topological polar surface area (TPSA) is 15.3 Å². The summed E-state index contributed by atoms with van der Waals surface area (Å²) in [5.74, 6) is 1.93. The summed E-state index contributed by atoms with van der Waals surface area (Å²) in [7, 11) is 0. The molecule has 2 aliphatic heterocycles. The molecule has 2 rings (SSSR count). The van der Waals surface area contributed by atoms with Crippen molar-refractivity contribution in [3.63, 3.8) is 0 Å². The zero-order valence-corrected chi connectivity index (χ0v) is 8.76. The van der Waals surface area contributed by atoms with Gasteiger partial charge in [-0.25, -0.2) is 0 Å². The standard InChI is InChI=1S/C11H22N2/c1-10-8-13(9-10)6-4-11-3-2-5-12-7-11/h10-12H,2-9H2,1H3. The fourth-order valence-electron chi connectivity index (χ4n) is 2.55. The first-order valence-electron chi connectivity index (χ1n) is 5.77. The normalized spacial score (nSPS) is 31.6. The molecule has 0 spiro atoms. The van der Waals surface area contributed by atoms with Crippen molar-refractivity contribution in [1.29, 1.82) is 0 Å². The number of rotatable bonds is 3. The minimum absolute atomic E-state index is 0.962. The van der Waals surface area contributed by atoms with E-state index in [0.717, 1.165) is 11.8 Å². The monoisotopic (exact) mass is 182 g/mol. The van der Waals surface area contributed by atoms with Gasteiger partial charge in [-0.3, -0.25) is 0 Å². The molecule has 0 saturated carbocycles. The molecule has 2 heteroatoms. The van der Waals surface area contributed by atoms with Crippen molar-refractivity contribution in [2.45, 2.75) is 26.2 Å². The molecule has 0 aromatic carbocycles. The fourth-order valence-corrected chi connectivity index (χ4v) is 2.55. The Balaban J connectivity index is 1.56. The van der Waals surface area contributed by atoms with Gasteiger partial charge in [-0.2, -0.15) is 0 Å². The van der Waals surface area contributed by atoms with Crippen LogP contribution in [-0.4, -0.2) is 37.6 Å². The molecule has 1 N–H and O–H groups in total. The summed E-state index contributed by atoms with van der Waals surface area (Å²) in [6.45, 7) is 8.90. The lowest BCUT2D eigenvalue weighted by atomic mass is 9.94. The van der Waals surface area contributed by atoms with Crippen molar-refractivity contribution in [3.8, 4) is 0 Å². The Morgan fingerprint density at radius 3 is 2.85 bits per heavy atom. The van der Waals surface area contributed by atoms with E-state index in [1.54, 1.807) is 0 Å². The molecule has 0 radical (unpaired) electrons. The van der Waals surface area contributed by atoms with Crippen molar-refractivity contribution in [1.82, 2.24) is 10.2 Å². The van der Waals surface area contributed by atoms with E-state index in [0.29, 0.717) is 0 Å². The van der Waals surface area contributed by atoms with Gasteiger partial charge < -0.3 is 10.2 Å². The van der Waals surface area contributed by atoms with Crippen LogP contribution < -0.4 is 5.32 Å². The Morgan fingerprint density at radius 1 is 1.38 bits per heavy atom. The van der Waals surface area contributed by atoms with Crippen LogP contribution in [0.15, 0.2) is 0 Å². The quantitative estimate of drug-likeness (QED) is 0.708. The van der Waals surface area contributed by atoms with E-state index in [1.165, 1.54) is 52.0 Å². The Hall–Kier alpha value is -0.0800. The number of nitrogens with one attached hydrogen (secondary N) is 1. The van der Waals surface area contributed by atoms with Gasteiger partial charge in [-0.1, -0.05) is 6.92 Å². The fraction of sp³-hybridized carbons (Fsp3) is 1.00. The highest BCUT2D eigenvalue weighted by molar-refractivity contribution is 4.78. The largest absolute Gasteiger partial charge is 0.316 e. The molecule has 2 aliphatic rings. The summed E-state index contributed by atoms with van der Waals surface area (Å²) >= 11 is 0. The molecule has 0 aromatic heterocycles. The second-order valence-electron chi connectivity index (χ2n) is 4.87. The van der Waals surface area contributed by atoms with E-state index in [-0.39, 0.29) is 0 Å². The van der Waals surface area contributed by atoms with E-state index in [4.69, 9.17) is 0 Å². The number of hydrogen-bond donors (Lipinski definition) is 1. The SMILES string of the molecule is CC1CN(CCC2CCCNC2)C1. The molecule has 13 heavy (non-hydrogen) atoms. The molecule has 0 bridgehead atoms. The van der Waals surface area contributed by atoms with Crippen molar-refractivity contribution >= 4 is 0 Å². The van der Waals surface area contributed by atoms with Crippen LogP contribution >= 0.6 is 0 Å². The van der Waals surface area contributed by atoms with Gasteiger partial charge in [0, 0.05) is 13.1 Å². The van der Waals surface area contributed by atoms with Crippen LogP contribution in [0, 0.1) is 11.8 Å². The molecule has 76 valence electrons. The van der Waals surface area contributed by atoms with Crippen LogP contribution in [0.4, 0.5) is 0 Å². The lowest BCUT2D eigenvalue weighted by molar-refractivity contribution is 0.103. The molecule has 2 heterocycles. The third-order valence-corrected chi connectivity index (χ3v) is 3.39. The van der Waals surface area contributed by atoms with Gasteiger partial charge in [0.15, 0.2) is 0 Å². The second-order valence-corrected chi connectivity index (χ2v) is 4.87. The van der Waals surface area contributed by atoms with Crippen LogP contribution in [0.25, 0.3) is 0 Å². The summed E-state index contributed by atoms with van der Waals surface area (Å²) in [5.41, 5.74) is 0. The minimum Gasteiger partial charge on any atom is -0.316 e. The highest BCUT2D eigenvalue weighted by Crippen LogP contribution is 2.19. The first-order chi connectivity index (χ1) is 6.34. The lowest BCUT2D eigenvalue weighted by Gasteiger charge is -2.38. The summed E-state index contributed by atoms with van der Waals surface area (Å²) < 4.78 is 0. The maximum atomic E-state index is 3.48. The first-order valence-corrected chi connectivity index (χ1v) is 5.77. The zero-order chi connectivity index (χ0) is 9.10. The molecule has 0 aliphatic carbocycles. The number of piperidine rings is 1. The van der Waals surface area contributed by atoms with Crippen LogP contribution in [0.1, 0.15) is 26.2 Å². The highest BCUT2D eigenvalue weighted by atomic mass is 15.2.